The normalized spacial score (nSPS) is 17.2. The molecule has 1 saturated heterocycles. The van der Waals surface area contributed by atoms with Gasteiger partial charge in [-0.05, 0) is 45.0 Å². The van der Waals surface area contributed by atoms with Crippen molar-refractivity contribution in [3.05, 3.63) is 23.8 Å². The predicted octanol–water partition coefficient (Wildman–Crippen LogP) is 2.37. The average molecular weight is 263 g/mol. The fourth-order valence-corrected chi connectivity index (χ4v) is 2.27. The molecule has 0 bridgehead atoms. The summed E-state index contributed by atoms with van der Waals surface area (Å²) in [6.07, 6.45) is 2.27. The molecule has 0 radical (unpaired) electrons. The van der Waals surface area contributed by atoms with Crippen molar-refractivity contribution in [2.75, 3.05) is 27.2 Å². The van der Waals surface area contributed by atoms with Crippen LogP contribution in [0.15, 0.2) is 18.2 Å². The summed E-state index contributed by atoms with van der Waals surface area (Å²) in [6, 6.07) is 5.36. The highest BCUT2D eigenvalue weighted by atomic mass is 16.5. The van der Waals surface area contributed by atoms with Crippen molar-refractivity contribution in [3.63, 3.8) is 0 Å². The molecular formula is C15H21NO3. The van der Waals surface area contributed by atoms with Crippen LogP contribution >= 0.6 is 0 Å². The maximum absolute atomic E-state index is 11.3. The van der Waals surface area contributed by atoms with Crippen LogP contribution in [0.1, 0.15) is 30.1 Å². The fraction of sp³-hybridized carbons (Fsp3) is 0.533. The molecule has 0 saturated carbocycles. The molecule has 0 amide bonds. The Kier molecular flexibility index (Phi) is 4.43. The van der Waals surface area contributed by atoms with Gasteiger partial charge in [-0.1, -0.05) is 0 Å². The van der Waals surface area contributed by atoms with Crippen molar-refractivity contribution in [3.8, 4) is 11.5 Å². The van der Waals surface area contributed by atoms with Gasteiger partial charge in [-0.25, -0.2) is 0 Å². The van der Waals surface area contributed by atoms with Crippen molar-refractivity contribution >= 4 is 5.78 Å². The monoisotopic (exact) mass is 263 g/mol. The quantitative estimate of drug-likeness (QED) is 0.782. The van der Waals surface area contributed by atoms with E-state index < -0.39 is 0 Å². The lowest BCUT2D eigenvalue weighted by atomic mass is 10.1. The molecule has 4 nitrogen and oxygen atoms in total. The zero-order chi connectivity index (χ0) is 13.8. The van der Waals surface area contributed by atoms with Gasteiger partial charge in [-0.2, -0.15) is 0 Å². The van der Waals surface area contributed by atoms with Gasteiger partial charge in [-0.3, -0.25) is 4.79 Å². The molecule has 1 aromatic rings. The fourth-order valence-electron chi connectivity index (χ4n) is 2.27. The Labute approximate surface area is 114 Å². The van der Waals surface area contributed by atoms with Gasteiger partial charge < -0.3 is 14.4 Å². The number of methoxy groups -OCH3 is 1. The van der Waals surface area contributed by atoms with Crippen LogP contribution in [0.5, 0.6) is 11.5 Å². The largest absolute Gasteiger partial charge is 0.493 e. The third kappa shape index (κ3) is 3.47. The minimum absolute atomic E-state index is 0.0316. The number of rotatable bonds is 4. The number of Topliss-reactive ketones (excluding diaryl/α,β-unsaturated/α-hetero) is 1. The molecule has 0 aliphatic carbocycles. The van der Waals surface area contributed by atoms with E-state index >= 15 is 0 Å². The number of likely N-dealkylation sites (tertiary alicyclic amines) is 1. The molecule has 2 rings (SSSR count). The maximum Gasteiger partial charge on any atom is 0.161 e. The molecule has 1 aliphatic rings. The first-order chi connectivity index (χ1) is 9.10. The van der Waals surface area contributed by atoms with E-state index in [2.05, 4.69) is 11.9 Å². The summed E-state index contributed by atoms with van der Waals surface area (Å²) in [5.74, 6) is 1.39. The van der Waals surface area contributed by atoms with E-state index in [1.165, 1.54) is 0 Å². The van der Waals surface area contributed by atoms with Gasteiger partial charge in [0.25, 0.3) is 0 Å². The van der Waals surface area contributed by atoms with E-state index in [4.69, 9.17) is 9.47 Å². The number of ketones is 1. The smallest absolute Gasteiger partial charge is 0.161 e. The zero-order valence-electron chi connectivity index (χ0n) is 11.8. The van der Waals surface area contributed by atoms with E-state index in [0.717, 1.165) is 31.7 Å². The first kappa shape index (κ1) is 13.9. The van der Waals surface area contributed by atoms with Crippen LogP contribution in [0.3, 0.4) is 0 Å². The van der Waals surface area contributed by atoms with Gasteiger partial charge in [0.2, 0.25) is 0 Å². The summed E-state index contributed by atoms with van der Waals surface area (Å²) in [5.41, 5.74) is 0.646. The Morgan fingerprint density at radius 1 is 1.26 bits per heavy atom. The van der Waals surface area contributed by atoms with E-state index in [1.807, 2.05) is 6.07 Å². The Morgan fingerprint density at radius 2 is 1.95 bits per heavy atom. The first-order valence-corrected chi connectivity index (χ1v) is 6.64. The number of hydrogen-bond donors (Lipinski definition) is 0. The standard InChI is InChI=1S/C15H21NO3/c1-11(17)12-4-5-14(15(10-12)18-3)19-13-6-8-16(2)9-7-13/h4-5,10,13H,6-9H2,1-3H3. The first-order valence-electron chi connectivity index (χ1n) is 6.64. The Morgan fingerprint density at radius 3 is 2.53 bits per heavy atom. The van der Waals surface area contributed by atoms with Crippen molar-refractivity contribution in [2.45, 2.75) is 25.9 Å². The highest BCUT2D eigenvalue weighted by Crippen LogP contribution is 2.30. The van der Waals surface area contributed by atoms with Crippen LogP contribution in [0, 0.1) is 0 Å². The summed E-state index contributed by atoms with van der Waals surface area (Å²) in [4.78, 5) is 13.7. The summed E-state index contributed by atoms with van der Waals surface area (Å²) in [7, 11) is 3.72. The molecule has 19 heavy (non-hydrogen) atoms. The van der Waals surface area contributed by atoms with Crippen molar-refractivity contribution < 1.29 is 14.3 Å². The number of carbonyl (C=O) groups excluding carboxylic acids is 1. The Hall–Kier alpha value is -1.55. The molecule has 0 unspecified atom stereocenters. The van der Waals surface area contributed by atoms with E-state index in [0.29, 0.717) is 11.3 Å². The topological polar surface area (TPSA) is 38.8 Å². The lowest BCUT2D eigenvalue weighted by molar-refractivity contribution is 0.101. The lowest BCUT2D eigenvalue weighted by Gasteiger charge is -2.29. The second-order valence-corrected chi connectivity index (χ2v) is 5.04. The predicted molar refractivity (Wildman–Crippen MR) is 74.1 cm³/mol. The summed E-state index contributed by atoms with van der Waals surface area (Å²) in [6.45, 7) is 3.66. The van der Waals surface area contributed by atoms with Crippen LogP contribution in [-0.2, 0) is 0 Å². The van der Waals surface area contributed by atoms with Crippen molar-refractivity contribution in [1.82, 2.24) is 4.90 Å². The van der Waals surface area contributed by atoms with Crippen LogP contribution in [0.25, 0.3) is 0 Å². The zero-order valence-corrected chi connectivity index (χ0v) is 11.8. The van der Waals surface area contributed by atoms with Gasteiger partial charge in [0.05, 0.1) is 7.11 Å². The van der Waals surface area contributed by atoms with E-state index in [9.17, 15) is 4.79 Å². The molecule has 0 aromatic heterocycles. The number of benzene rings is 1. The summed E-state index contributed by atoms with van der Waals surface area (Å²) in [5, 5.41) is 0. The minimum Gasteiger partial charge on any atom is -0.493 e. The third-order valence-electron chi connectivity index (χ3n) is 3.53. The number of carbonyl (C=O) groups is 1. The van der Waals surface area contributed by atoms with Gasteiger partial charge in [0.1, 0.15) is 6.10 Å². The van der Waals surface area contributed by atoms with Crippen molar-refractivity contribution in [1.29, 1.82) is 0 Å². The number of piperidine rings is 1. The molecule has 0 atom stereocenters. The lowest BCUT2D eigenvalue weighted by Crippen LogP contribution is -2.35. The third-order valence-corrected chi connectivity index (χ3v) is 3.53. The summed E-state index contributed by atoms with van der Waals surface area (Å²) < 4.78 is 11.3. The SMILES string of the molecule is COc1cc(C(C)=O)ccc1OC1CCN(C)CC1. The highest BCUT2D eigenvalue weighted by Gasteiger charge is 2.19. The van der Waals surface area contributed by atoms with Gasteiger partial charge in [0.15, 0.2) is 17.3 Å². The van der Waals surface area contributed by atoms with Gasteiger partial charge >= 0.3 is 0 Å². The van der Waals surface area contributed by atoms with Crippen LogP contribution in [-0.4, -0.2) is 44.0 Å². The second-order valence-electron chi connectivity index (χ2n) is 5.04. The molecule has 4 heteroatoms. The molecule has 104 valence electrons. The minimum atomic E-state index is 0.0316. The van der Waals surface area contributed by atoms with Crippen LogP contribution < -0.4 is 9.47 Å². The van der Waals surface area contributed by atoms with Crippen LogP contribution in [0.2, 0.25) is 0 Å². The maximum atomic E-state index is 11.3. The van der Waals surface area contributed by atoms with Gasteiger partial charge in [0, 0.05) is 18.7 Å². The van der Waals surface area contributed by atoms with Gasteiger partial charge in [-0.15, -0.1) is 0 Å². The molecule has 1 aliphatic heterocycles. The van der Waals surface area contributed by atoms with Crippen molar-refractivity contribution in [2.24, 2.45) is 0 Å². The number of nitrogens with zero attached hydrogens (tertiary/aromatic N) is 1. The molecule has 1 aromatic carbocycles. The van der Waals surface area contributed by atoms with E-state index in [-0.39, 0.29) is 11.9 Å². The molecule has 0 N–H and O–H groups in total. The number of hydrogen-bond acceptors (Lipinski definition) is 4. The average Bonchev–Trinajstić information content (AvgIpc) is 2.41. The molecular weight excluding hydrogens is 242 g/mol. The number of ether oxygens (including phenoxy) is 2. The highest BCUT2D eigenvalue weighted by molar-refractivity contribution is 5.94. The summed E-state index contributed by atoms with van der Waals surface area (Å²) >= 11 is 0. The Bertz CT molecular complexity index is 451. The van der Waals surface area contributed by atoms with E-state index in [1.54, 1.807) is 26.2 Å². The van der Waals surface area contributed by atoms with Crippen LogP contribution in [0.4, 0.5) is 0 Å². The second kappa shape index (κ2) is 6.06. The molecule has 1 heterocycles. The molecule has 0 spiro atoms. The Balaban J connectivity index is 2.09. The molecule has 1 fully saturated rings.